The lowest BCUT2D eigenvalue weighted by atomic mass is 9.94. The molecule has 35 heavy (non-hydrogen) atoms. The Morgan fingerprint density at radius 3 is 2.71 bits per heavy atom. The Labute approximate surface area is 203 Å². The Bertz CT molecular complexity index is 1220. The maximum atomic E-state index is 15.6. The van der Waals surface area contributed by atoms with Crippen LogP contribution < -0.4 is 11.1 Å². The number of amides is 2. The molecule has 0 radical (unpaired) electrons. The first-order chi connectivity index (χ1) is 16.9. The first-order valence-electron chi connectivity index (χ1n) is 11.5. The van der Waals surface area contributed by atoms with Crippen molar-refractivity contribution in [2.24, 2.45) is 0 Å². The van der Waals surface area contributed by atoms with Crippen LogP contribution in [0.3, 0.4) is 0 Å². The zero-order valence-corrected chi connectivity index (χ0v) is 19.4. The third kappa shape index (κ3) is 5.30. The van der Waals surface area contributed by atoms with Crippen LogP contribution in [0.2, 0.25) is 0 Å². The second kappa shape index (κ2) is 10.6. The van der Waals surface area contributed by atoms with Crippen molar-refractivity contribution >= 4 is 17.6 Å². The number of hydrogen-bond acceptors (Lipinski definition) is 6. The van der Waals surface area contributed by atoms with E-state index < -0.39 is 17.8 Å². The molecule has 0 saturated carbocycles. The topological polar surface area (TPSA) is 121 Å². The van der Waals surface area contributed by atoms with E-state index in [-0.39, 0.29) is 41.1 Å². The predicted molar refractivity (Wildman–Crippen MR) is 130 cm³/mol. The molecule has 0 spiro atoms. The summed E-state index contributed by atoms with van der Waals surface area (Å²) in [7, 11) is 0. The monoisotopic (exact) mass is 477 g/mol. The molecule has 1 unspecified atom stereocenters. The predicted octanol–water partition coefficient (Wildman–Crippen LogP) is 3.05. The lowest BCUT2D eigenvalue weighted by molar-refractivity contribution is -0.130. The molecular weight excluding hydrogens is 449 g/mol. The van der Waals surface area contributed by atoms with Gasteiger partial charge in [0.1, 0.15) is 17.3 Å². The van der Waals surface area contributed by atoms with Gasteiger partial charge in [0.15, 0.2) is 0 Å². The molecule has 1 fully saturated rings. The van der Waals surface area contributed by atoms with E-state index in [0.29, 0.717) is 24.3 Å². The molecule has 1 aromatic heterocycles. The summed E-state index contributed by atoms with van der Waals surface area (Å²) in [6, 6.07) is 12.7. The smallest absolute Gasteiger partial charge is 0.254 e. The average Bonchev–Trinajstić information content (AvgIpc) is 2.88. The largest absolute Gasteiger partial charge is 0.394 e. The number of benzene rings is 2. The summed E-state index contributed by atoms with van der Waals surface area (Å²) < 4.78 is 15.6. The van der Waals surface area contributed by atoms with E-state index in [9.17, 15) is 14.7 Å². The molecule has 8 nitrogen and oxygen atoms in total. The number of likely N-dealkylation sites (tertiary alicyclic amines) is 1. The minimum atomic E-state index is -0.776. The summed E-state index contributed by atoms with van der Waals surface area (Å²) >= 11 is 0. The molecule has 1 saturated heterocycles. The number of aliphatic hydroxyl groups excluding tert-OH is 1. The number of nitrogen functional groups attached to an aromatic ring is 1. The second-order valence-corrected chi connectivity index (χ2v) is 8.62. The van der Waals surface area contributed by atoms with E-state index in [1.54, 1.807) is 41.4 Å². The van der Waals surface area contributed by atoms with Crippen molar-refractivity contribution in [3.05, 3.63) is 77.4 Å². The number of nitrogens with two attached hydrogens (primary N) is 1. The number of aromatic nitrogens is 2. The van der Waals surface area contributed by atoms with Gasteiger partial charge in [-0.1, -0.05) is 36.4 Å². The Morgan fingerprint density at radius 1 is 1.23 bits per heavy atom. The van der Waals surface area contributed by atoms with Gasteiger partial charge in [-0.25, -0.2) is 14.4 Å². The number of anilines is 1. The summed E-state index contributed by atoms with van der Waals surface area (Å²) in [5.41, 5.74) is 7.41. The number of rotatable bonds is 6. The summed E-state index contributed by atoms with van der Waals surface area (Å²) in [6.07, 6.45) is 3.23. The molecule has 0 bridgehead atoms. The van der Waals surface area contributed by atoms with Gasteiger partial charge in [0, 0.05) is 31.5 Å². The molecule has 182 valence electrons. The third-order valence-corrected chi connectivity index (χ3v) is 6.29. The Kier molecular flexibility index (Phi) is 7.36. The zero-order chi connectivity index (χ0) is 24.9. The van der Waals surface area contributed by atoms with Crippen LogP contribution in [-0.4, -0.2) is 51.5 Å². The lowest BCUT2D eigenvalue weighted by Gasteiger charge is -2.31. The molecule has 3 aromatic rings. The summed E-state index contributed by atoms with van der Waals surface area (Å²) in [4.78, 5) is 35.3. The Balaban J connectivity index is 1.62. The first kappa shape index (κ1) is 24.3. The minimum Gasteiger partial charge on any atom is -0.394 e. The van der Waals surface area contributed by atoms with Gasteiger partial charge in [-0.2, -0.15) is 0 Å². The quantitative estimate of drug-likeness (QED) is 0.502. The Hall–Kier alpha value is -3.85. The summed E-state index contributed by atoms with van der Waals surface area (Å²) in [5.74, 6) is -1.44. The minimum absolute atomic E-state index is 0.000211. The van der Waals surface area contributed by atoms with Gasteiger partial charge in [-0.05, 0) is 30.5 Å². The molecule has 9 heteroatoms. The molecule has 2 aromatic carbocycles. The van der Waals surface area contributed by atoms with Crippen LogP contribution in [0.1, 0.15) is 53.3 Å². The van der Waals surface area contributed by atoms with Gasteiger partial charge in [0.05, 0.1) is 30.1 Å². The van der Waals surface area contributed by atoms with Crippen LogP contribution >= 0.6 is 0 Å². The van der Waals surface area contributed by atoms with E-state index >= 15 is 4.39 Å². The van der Waals surface area contributed by atoms with Gasteiger partial charge in [0.2, 0.25) is 5.91 Å². The highest BCUT2D eigenvalue weighted by Crippen LogP contribution is 2.31. The normalized spacial score (nSPS) is 16.5. The van der Waals surface area contributed by atoms with Gasteiger partial charge < -0.3 is 21.1 Å². The van der Waals surface area contributed by atoms with E-state index in [4.69, 9.17) is 5.73 Å². The van der Waals surface area contributed by atoms with Crippen LogP contribution in [0, 0.1) is 5.82 Å². The number of piperidine rings is 1. The molecule has 1 aliphatic heterocycles. The number of carbonyl (C=O) groups excluding carboxylic acids is 2. The molecule has 4 rings (SSSR count). The van der Waals surface area contributed by atoms with E-state index in [1.807, 2.05) is 6.07 Å². The number of nitrogens with zero attached hydrogens (tertiary/aromatic N) is 3. The van der Waals surface area contributed by atoms with Gasteiger partial charge >= 0.3 is 0 Å². The fourth-order valence-electron chi connectivity index (χ4n) is 4.36. The van der Waals surface area contributed by atoms with Crippen molar-refractivity contribution in [3.63, 3.8) is 0 Å². The summed E-state index contributed by atoms with van der Waals surface area (Å²) in [6.45, 7) is 2.41. The van der Waals surface area contributed by atoms with Gasteiger partial charge in [-0.3, -0.25) is 9.59 Å². The highest BCUT2D eigenvalue weighted by molar-refractivity contribution is 5.96. The molecule has 4 N–H and O–H groups in total. The molecule has 2 heterocycles. The van der Waals surface area contributed by atoms with Crippen molar-refractivity contribution < 1.29 is 19.1 Å². The Morgan fingerprint density at radius 2 is 2.00 bits per heavy atom. The van der Waals surface area contributed by atoms with E-state index in [1.165, 1.54) is 19.1 Å². The molecule has 1 aliphatic rings. The second-order valence-electron chi connectivity index (χ2n) is 8.62. The van der Waals surface area contributed by atoms with Crippen molar-refractivity contribution in [1.29, 1.82) is 0 Å². The maximum Gasteiger partial charge on any atom is 0.254 e. The molecule has 0 aliphatic carbocycles. The third-order valence-electron chi connectivity index (χ3n) is 6.29. The van der Waals surface area contributed by atoms with Gasteiger partial charge in [0.25, 0.3) is 5.91 Å². The molecule has 2 atom stereocenters. The lowest BCUT2D eigenvalue weighted by Crippen LogP contribution is -2.37. The van der Waals surface area contributed by atoms with Crippen molar-refractivity contribution in [3.8, 4) is 11.3 Å². The fraction of sp³-hybridized carbons (Fsp3) is 0.308. The highest BCUT2D eigenvalue weighted by atomic mass is 19.1. The van der Waals surface area contributed by atoms with Gasteiger partial charge in [-0.15, -0.1) is 0 Å². The van der Waals surface area contributed by atoms with E-state index in [0.717, 1.165) is 12.8 Å². The first-order valence-corrected chi connectivity index (χ1v) is 11.5. The van der Waals surface area contributed by atoms with Crippen molar-refractivity contribution in [1.82, 2.24) is 20.2 Å². The number of carbonyl (C=O) groups is 2. The number of aliphatic hydroxyl groups is 1. The van der Waals surface area contributed by atoms with Crippen LogP contribution in [0.5, 0.6) is 0 Å². The number of halogens is 1. The average molecular weight is 478 g/mol. The highest BCUT2D eigenvalue weighted by Gasteiger charge is 2.26. The van der Waals surface area contributed by atoms with Crippen LogP contribution in [0.25, 0.3) is 11.3 Å². The standard InChI is InChI=1S/C26H28FN5O3/c1-16(34)32-12-6-9-18(14-32)21-13-29-25(28)24(30-21)19-10-5-11-20(23(19)27)26(35)31-22(15-33)17-7-3-2-4-8-17/h2-5,7-8,10-11,13,18,22,33H,6,9,12,14-15H2,1H3,(H2,28,29)(H,31,35)/t18?,22-/m1/s1. The zero-order valence-electron chi connectivity index (χ0n) is 19.4. The summed E-state index contributed by atoms with van der Waals surface area (Å²) in [5, 5.41) is 12.4. The molecular formula is C26H28FN5O3. The fourth-order valence-corrected chi connectivity index (χ4v) is 4.36. The van der Waals surface area contributed by atoms with Crippen LogP contribution in [-0.2, 0) is 4.79 Å². The number of hydrogen-bond donors (Lipinski definition) is 3. The van der Waals surface area contributed by atoms with Crippen molar-refractivity contribution in [2.75, 3.05) is 25.4 Å². The molecule has 2 amide bonds. The van der Waals surface area contributed by atoms with Crippen molar-refractivity contribution in [2.45, 2.75) is 31.7 Å². The SMILES string of the molecule is CC(=O)N1CCCC(c2cnc(N)c(-c3cccc(C(=O)N[C@H](CO)c4ccccc4)c3F)n2)C1. The van der Waals surface area contributed by atoms with Crippen LogP contribution in [0.4, 0.5) is 10.2 Å². The number of nitrogens with one attached hydrogen (secondary N) is 1. The maximum absolute atomic E-state index is 15.6. The van der Waals surface area contributed by atoms with E-state index in [2.05, 4.69) is 15.3 Å². The van der Waals surface area contributed by atoms with Crippen LogP contribution in [0.15, 0.2) is 54.7 Å².